The van der Waals surface area contributed by atoms with Crippen LogP contribution in [-0.2, 0) is 6.54 Å². The Bertz CT molecular complexity index is 346. The van der Waals surface area contributed by atoms with Crippen LogP contribution in [0.15, 0.2) is 29.4 Å². The average molecular weight is 221 g/mol. The molecule has 16 heavy (non-hydrogen) atoms. The van der Waals surface area contributed by atoms with Crippen molar-refractivity contribution >= 4 is 5.84 Å². The number of nitrogens with zero attached hydrogens (tertiary/aromatic N) is 1. The van der Waals surface area contributed by atoms with Crippen LogP contribution in [0.2, 0.25) is 0 Å². The second-order valence-electron chi connectivity index (χ2n) is 3.85. The third-order valence-corrected chi connectivity index (χ3v) is 2.55. The summed E-state index contributed by atoms with van der Waals surface area (Å²) in [5.41, 5.74) is 7.99. The molecule has 0 aromatic heterocycles. The second kappa shape index (κ2) is 6.12. The maximum atomic E-state index is 8.59. The molecular weight excluding hydrogens is 202 g/mol. The van der Waals surface area contributed by atoms with Gasteiger partial charge in [-0.2, -0.15) is 0 Å². The fraction of sp³-hybridized carbons (Fsp3) is 0.417. The number of nitrogens with one attached hydrogen (secondary N) is 1. The molecule has 1 atom stereocenters. The highest BCUT2D eigenvalue weighted by molar-refractivity contribution is 5.85. The zero-order valence-corrected chi connectivity index (χ0v) is 9.77. The molecule has 0 fully saturated rings. The van der Waals surface area contributed by atoms with E-state index in [9.17, 15) is 0 Å². The molecule has 0 saturated carbocycles. The standard InChI is InChI=1S/C12H19N3O/c1-3-11(12(13)15-16)14-8-10-6-4-9(2)5-7-10/h4-7,11,14,16H,3,8H2,1-2H3,(H2,13,15). The van der Waals surface area contributed by atoms with E-state index in [1.54, 1.807) is 0 Å². The summed E-state index contributed by atoms with van der Waals surface area (Å²) >= 11 is 0. The summed E-state index contributed by atoms with van der Waals surface area (Å²) in [7, 11) is 0. The Morgan fingerprint density at radius 2 is 2.06 bits per heavy atom. The van der Waals surface area contributed by atoms with Crippen molar-refractivity contribution in [2.24, 2.45) is 10.9 Å². The normalized spacial score (nSPS) is 13.8. The molecule has 4 heteroatoms. The van der Waals surface area contributed by atoms with Gasteiger partial charge < -0.3 is 16.3 Å². The zero-order chi connectivity index (χ0) is 12.0. The predicted molar refractivity (Wildman–Crippen MR) is 65.5 cm³/mol. The molecule has 0 radical (unpaired) electrons. The summed E-state index contributed by atoms with van der Waals surface area (Å²) in [4.78, 5) is 0. The van der Waals surface area contributed by atoms with Gasteiger partial charge in [-0.05, 0) is 18.9 Å². The number of hydrogen-bond acceptors (Lipinski definition) is 3. The molecule has 1 aromatic rings. The lowest BCUT2D eigenvalue weighted by Crippen LogP contribution is -2.40. The second-order valence-corrected chi connectivity index (χ2v) is 3.85. The van der Waals surface area contributed by atoms with E-state index in [4.69, 9.17) is 10.9 Å². The molecule has 4 nitrogen and oxygen atoms in total. The van der Waals surface area contributed by atoms with Crippen molar-refractivity contribution in [1.82, 2.24) is 5.32 Å². The first-order chi connectivity index (χ1) is 7.67. The summed E-state index contributed by atoms with van der Waals surface area (Å²) in [6, 6.07) is 8.21. The fourth-order valence-corrected chi connectivity index (χ4v) is 1.47. The van der Waals surface area contributed by atoms with Crippen LogP contribution in [0, 0.1) is 6.92 Å². The highest BCUT2D eigenvalue weighted by Gasteiger charge is 2.10. The Morgan fingerprint density at radius 3 is 2.56 bits per heavy atom. The van der Waals surface area contributed by atoms with Gasteiger partial charge in [-0.15, -0.1) is 0 Å². The monoisotopic (exact) mass is 221 g/mol. The molecule has 0 bridgehead atoms. The molecule has 1 rings (SSSR count). The van der Waals surface area contributed by atoms with Gasteiger partial charge in [-0.25, -0.2) is 0 Å². The molecule has 0 spiro atoms. The van der Waals surface area contributed by atoms with Crippen LogP contribution in [0.25, 0.3) is 0 Å². The van der Waals surface area contributed by atoms with Crippen molar-refractivity contribution in [1.29, 1.82) is 0 Å². The van der Waals surface area contributed by atoms with Crippen molar-refractivity contribution in [2.45, 2.75) is 32.9 Å². The summed E-state index contributed by atoms with van der Waals surface area (Å²) in [6.45, 7) is 4.77. The molecule has 4 N–H and O–H groups in total. The molecule has 88 valence electrons. The molecule has 0 aliphatic rings. The Hall–Kier alpha value is -1.55. The number of oxime groups is 1. The summed E-state index contributed by atoms with van der Waals surface area (Å²) in [6.07, 6.45) is 0.793. The van der Waals surface area contributed by atoms with Gasteiger partial charge >= 0.3 is 0 Å². The van der Waals surface area contributed by atoms with Gasteiger partial charge in [0.25, 0.3) is 0 Å². The topological polar surface area (TPSA) is 70.6 Å². The van der Waals surface area contributed by atoms with Crippen LogP contribution in [-0.4, -0.2) is 17.1 Å². The van der Waals surface area contributed by atoms with Crippen LogP contribution in [0.1, 0.15) is 24.5 Å². The van der Waals surface area contributed by atoms with Crippen LogP contribution in [0.4, 0.5) is 0 Å². The van der Waals surface area contributed by atoms with Crippen LogP contribution < -0.4 is 11.1 Å². The first-order valence-corrected chi connectivity index (χ1v) is 5.43. The number of amidine groups is 1. The van der Waals surface area contributed by atoms with E-state index in [2.05, 4.69) is 41.7 Å². The summed E-state index contributed by atoms with van der Waals surface area (Å²) < 4.78 is 0. The van der Waals surface area contributed by atoms with Gasteiger partial charge in [-0.1, -0.05) is 41.9 Å². The van der Waals surface area contributed by atoms with Crippen molar-refractivity contribution in [3.63, 3.8) is 0 Å². The lowest BCUT2D eigenvalue weighted by atomic mass is 10.1. The maximum Gasteiger partial charge on any atom is 0.156 e. The molecule has 0 saturated heterocycles. The zero-order valence-electron chi connectivity index (χ0n) is 9.77. The number of aryl methyl sites for hydroxylation is 1. The van der Waals surface area contributed by atoms with Gasteiger partial charge in [-0.3, -0.25) is 0 Å². The van der Waals surface area contributed by atoms with E-state index in [-0.39, 0.29) is 11.9 Å². The van der Waals surface area contributed by atoms with E-state index in [1.807, 2.05) is 6.92 Å². The van der Waals surface area contributed by atoms with E-state index in [0.29, 0.717) is 0 Å². The van der Waals surface area contributed by atoms with Gasteiger partial charge in [0.15, 0.2) is 5.84 Å². The van der Waals surface area contributed by atoms with E-state index < -0.39 is 0 Å². The molecular formula is C12H19N3O. The minimum atomic E-state index is -0.0775. The highest BCUT2D eigenvalue weighted by Crippen LogP contribution is 2.03. The minimum Gasteiger partial charge on any atom is -0.409 e. The molecule has 0 amide bonds. The Morgan fingerprint density at radius 1 is 1.44 bits per heavy atom. The van der Waals surface area contributed by atoms with Crippen LogP contribution in [0.3, 0.4) is 0 Å². The lowest BCUT2D eigenvalue weighted by Gasteiger charge is -2.15. The number of rotatable bonds is 5. The van der Waals surface area contributed by atoms with Gasteiger partial charge in [0.05, 0.1) is 6.04 Å². The third kappa shape index (κ3) is 3.55. The van der Waals surface area contributed by atoms with E-state index >= 15 is 0 Å². The number of nitrogens with two attached hydrogens (primary N) is 1. The Labute approximate surface area is 96.2 Å². The quantitative estimate of drug-likeness (QED) is 0.306. The van der Waals surface area contributed by atoms with Crippen LogP contribution >= 0.6 is 0 Å². The Kier molecular flexibility index (Phi) is 4.79. The largest absolute Gasteiger partial charge is 0.409 e. The molecule has 1 aromatic carbocycles. The predicted octanol–water partition coefficient (Wildman–Crippen LogP) is 1.61. The minimum absolute atomic E-state index is 0.0775. The summed E-state index contributed by atoms with van der Waals surface area (Å²) in [5.74, 6) is 0.231. The van der Waals surface area contributed by atoms with Gasteiger partial charge in [0.2, 0.25) is 0 Å². The first kappa shape index (κ1) is 12.5. The highest BCUT2D eigenvalue weighted by atomic mass is 16.4. The van der Waals surface area contributed by atoms with Crippen LogP contribution in [0.5, 0.6) is 0 Å². The first-order valence-electron chi connectivity index (χ1n) is 5.43. The lowest BCUT2D eigenvalue weighted by molar-refractivity contribution is 0.314. The van der Waals surface area contributed by atoms with Crippen molar-refractivity contribution in [3.05, 3.63) is 35.4 Å². The smallest absolute Gasteiger partial charge is 0.156 e. The maximum absolute atomic E-state index is 8.59. The average Bonchev–Trinajstić information content (AvgIpc) is 2.31. The van der Waals surface area contributed by atoms with E-state index in [1.165, 1.54) is 11.1 Å². The van der Waals surface area contributed by atoms with E-state index in [0.717, 1.165) is 13.0 Å². The SMILES string of the molecule is CCC(NCc1ccc(C)cc1)C(N)=NO. The van der Waals surface area contributed by atoms with Crippen molar-refractivity contribution < 1.29 is 5.21 Å². The van der Waals surface area contributed by atoms with Crippen molar-refractivity contribution in [2.75, 3.05) is 0 Å². The molecule has 0 aliphatic carbocycles. The number of benzene rings is 1. The molecule has 1 unspecified atom stereocenters. The third-order valence-electron chi connectivity index (χ3n) is 2.55. The fourth-order valence-electron chi connectivity index (χ4n) is 1.47. The summed E-state index contributed by atoms with van der Waals surface area (Å²) in [5, 5.41) is 14.9. The number of hydrogen-bond donors (Lipinski definition) is 3. The van der Waals surface area contributed by atoms with Crippen molar-refractivity contribution in [3.8, 4) is 0 Å². The molecule has 0 aliphatic heterocycles. The van der Waals surface area contributed by atoms with Gasteiger partial charge in [0, 0.05) is 6.54 Å². The molecule has 0 heterocycles. The Balaban J connectivity index is 2.53. The van der Waals surface area contributed by atoms with Gasteiger partial charge in [0.1, 0.15) is 0 Å².